The maximum Gasteiger partial charge on any atom is 0.228 e. The van der Waals surface area contributed by atoms with Crippen LogP contribution in [-0.4, -0.2) is 36.9 Å². The third kappa shape index (κ3) is 3.86. The van der Waals surface area contributed by atoms with Gasteiger partial charge in [0.2, 0.25) is 11.8 Å². The van der Waals surface area contributed by atoms with Crippen molar-refractivity contribution in [2.24, 2.45) is 5.92 Å². The molecule has 4 rings (SSSR count). The van der Waals surface area contributed by atoms with Crippen molar-refractivity contribution in [3.63, 3.8) is 0 Å². The van der Waals surface area contributed by atoms with Gasteiger partial charge >= 0.3 is 0 Å². The van der Waals surface area contributed by atoms with Crippen LogP contribution in [0.25, 0.3) is 0 Å². The van der Waals surface area contributed by atoms with Gasteiger partial charge in [-0.05, 0) is 56.0 Å². The molecule has 0 aromatic heterocycles. The van der Waals surface area contributed by atoms with Crippen molar-refractivity contribution in [1.82, 2.24) is 4.90 Å². The maximum absolute atomic E-state index is 13.4. The van der Waals surface area contributed by atoms with E-state index in [1.165, 1.54) is 0 Å². The average molecular weight is 392 g/mol. The number of rotatable bonds is 4. The lowest BCUT2D eigenvalue weighted by Crippen LogP contribution is -2.48. The Bertz CT molecular complexity index is 870. The van der Waals surface area contributed by atoms with E-state index in [4.69, 9.17) is 4.74 Å². The highest BCUT2D eigenvalue weighted by atomic mass is 16.5. The summed E-state index contributed by atoms with van der Waals surface area (Å²) in [7, 11) is 1.64. The lowest BCUT2D eigenvalue weighted by Gasteiger charge is -2.42. The molecule has 2 unspecified atom stereocenters. The van der Waals surface area contributed by atoms with Gasteiger partial charge < -0.3 is 14.5 Å². The molecule has 29 heavy (non-hydrogen) atoms. The molecule has 2 saturated heterocycles. The van der Waals surface area contributed by atoms with E-state index in [2.05, 4.69) is 0 Å². The normalized spacial score (nSPS) is 22.1. The number of amides is 2. The first kappa shape index (κ1) is 19.5. The van der Waals surface area contributed by atoms with Crippen LogP contribution in [0.1, 0.15) is 42.9 Å². The van der Waals surface area contributed by atoms with Crippen LogP contribution < -0.4 is 9.64 Å². The van der Waals surface area contributed by atoms with Gasteiger partial charge in [-0.25, -0.2) is 0 Å². The molecular formula is C24H28N2O3. The number of carbonyl (C=O) groups excluding carboxylic acids is 2. The van der Waals surface area contributed by atoms with Crippen LogP contribution in [0.4, 0.5) is 5.69 Å². The summed E-state index contributed by atoms with van der Waals surface area (Å²) in [4.78, 5) is 30.3. The number of likely N-dealkylation sites (tertiary alicyclic amines) is 1. The molecule has 5 nitrogen and oxygen atoms in total. The SMILES string of the molecule is COc1ccc(C2C(C(=O)N3CCCC3)CCC(=O)N2c2ccc(C)cc2)cc1. The lowest BCUT2D eigenvalue weighted by molar-refractivity contribution is -0.137. The highest BCUT2D eigenvalue weighted by Crippen LogP contribution is 2.41. The van der Waals surface area contributed by atoms with Gasteiger partial charge in [-0.15, -0.1) is 0 Å². The summed E-state index contributed by atoms with van der Waals surface area (Å²) in [6.45, 7) is 3.68. The van der Waals surface area contributed by atoms with Gasteiger partial charge in [0.15, 0.2) is 0 Å². The van der Waals surface area contributed by atoms with Gasteiger partial charge in [-0.1, -0.05) is 29.8 Å². The van der Waals surface area contributed by atoms with Crippen molar-refractivity contribution in [3.05, 3.63) is 59.7 Å². The van der Waals surface area contributed by atoms with E-state index in [9.17, 15) is 9.59 Å². The van der Waals surface area contributed by atoms with E-state index in [0.717, 1.165) is 48.5 Å². The summed E-state index contributed by atoms with van der Waals surface area (Å²) >= 11 is 0. The van der Waals surface area contributed by atoms with Crippen LogP contribution in [0, 0.1) is 12.8 Å². The molecule has 2 aliphatic heterocycles. The highest BCUT2D eigenvalue weighted by molar-refractivity contribution is 5.97. The molecule has 0 spiro atoms. The minimum Gasteiger partial charge on any atom is -0.497 e. The Morgan fingerprint density at radius 3 is 2.28 bits per heavy atom. The first-order chi connectivity index (χ1) is 14.1. The van der Waals surface area contributed by atoms with Crippen LogP contribution >= 0.6 is 0 Å². The molecule has 5 heteroatoms. The second-order valence-corrected chi connectivity index (χ2v) is 7.99. The quantitative estimate of drug-likeness (QED) is 0.787. The first-order valence-corrected chi connectivity index (χ1v) is 10.4. The Labute approximate surface area is 172 Å². The Balaban J connectivity index is 1.76. The fraction of sp³-hybridized carbons (Fsp3) is 0.417. The molecule has 0 saturated carbocycles. The highest BCUT2D eigenvalue weighted by Gasteiger charge is 2.43. The van der Waals surface area contributed by atoms with Crippen LogP contribution in [0.5, 0.6) is 5.75 Å². The van der Waals surface area contributed by atoms with Crippen LogP contribution in [0.15, 0.2) is 48.5 Å². The second kappa shape index (κ2) is 8.27. The summed E-state index contributed by atoms with van der Waals surface area (Å²) in [6, 6.07) is 15.4. The number of piperidine rings is 1. The topological polar surface area (TPSA) is 49.9 Å². The summed E-state index contributed by atoms with van der Waals surface area (Å²) in [5, 5.41) is 0. The van der Waals surface area contributed by atoms with E-state index in [1.807, 2.05) is 65.3 Å². The molecule has 0 N–H and O–H groups in total. The lowest BCUT2D eigenvalue weighted by atomic mass is 9.82. The summed E-state index contributed by atoms with van der Waals surface area (Å²) in [6.07, 6.45) is 3.11. The smallest absolute Gasteiger partial charge is 0.228 e. The number of aryl methyl sites for hydroxylation is 1. The van der Waals surface area contributed by atoms with Crippen molar-refractivity contribution in [2.45, 2.75) is 38.6 Å². The zero-order chi connectivity index (χ0) is 20.4. The summed E-state index contributed by atoms with van der Waals surface area (Å²) < 4.78 is 5.30. The molecule has 152 valence electrons. The molecule has 2 amide bonds. The van der Waals surface area contributed by atoms with E-state index in [0.29, 0.717) is 12.8 Å². The predicted octanol–water partition coefficient (Wildman–Crippen LogP) is 4.11. The number of nitrogens with zero attached hydrogens (tertiary/aromatic N) is 2. The Hall–Kier alpha value is -2.82. The number of methoxy groups -OCH3 is 1. The Morgan fingerprint density at radius 2 is 1.66 bits per heavy atom. The molecule has 0 bridgehead atoms. The van der Waals surface area contributed by atoms with E-state index >= 15 is 0 Å². The minimum atomic E-state index is -0.307. The molecule has 2 aromatic rings. The van der Waals surface area contributed by atoms with Crippen molar-refractivity contribution >= 4 is 17.5 Å². The predicted molar refractivity (Wildman–Crippen MR) is 113 cm³/mol. The van der Waals surface area contributed by atoms with Crippen LogP contribution in [0.3, 0.4) is 0 Å². The van der Waals surface area contributed by atoms with Crippen molar-refractivity contribution in [3.8, 4) is 5.75 Å². The minimum absolute atomic E-state index is 0.0696. The Kier molecular flexibility index (Phi) is 5.56. The molecule has 2 aliphatic rings. The zero-order valence-corrected chi connectivity index (χ0v) is 17.1. The second-order valence-electron chi connectivity index (χ2n) is 7.99. The molecular weight excluding hydrogens is 364 g/mol. The monoisotopic (exact) mass is 392 g/mol. The van der Waals surface area contributed by atoms with Gasteiger partial charge in [-0.3, -0.25) is 9.59 Å². The van der Waals surface area contributed by atoms with Gasteiger partial charge in [0.25, 0.3) is 0 Å². The standard InChI is InChI=1S/C24H28N2O3/c1-17-5-9-19(10-6-17)26-22(27)14-13-21(24(28)25-15-3-4-16-25)23(26)18-7-11-20(29-2)12-8-18/h5-12,21,23H,3-4,13-16H2,1-2H3. The maximum atomic E-state index is 13.4. The van der Waals surface area contributed by atoms with Gasteiger partial charge in [-0.2, -0.15) is 0 Å². The van der Waals surface area contributed by atoms with Crippen molar-refractivity contribution < 1.29 is 14.3 Å². The fourth-order valence-corrected chi connectivity index (χ4v) is 4.52. The summed E-state index contributed by atoms with van der Waals surface area (Å²) in [5.41, 5.74) is 2.96. The molecule has 2 atom stereocenters. The molecule has 2 fully saturated rings. The third-order valence-corrected chi connectivity index (χ3v) is 6.10. The molecule has 2 heterocycles. The number of benzene rings is 2. The Morgan fingerprint density at radius 1 is 1.00 bits per heavy atom. The zero-order valence-electron chi connectivity index (χ0n) is 17.1. The molecule has 0 radical (unpaired) electrons. The van der Waals surface area contributed by atoms with Gasteiger partial charge in [0.05, 0.1) is 19.1 Å². The van der Waals surface area contributed by atoms with E-state index in [1.54, 1.807) is 7.11 Å². The number of hydrogen-bond acceptors (Lipinski definition) is 3. The largest absolute Gasteiger partial charge is 0.497 e. The summed E-state index contributed by atoms with van der Waals surface area (Å²) in [5.74, 6) is 0.772. The van der Waals surface area contributed by atoms with E-state index < -0.39 is 0 Å². The third-order valence-electron chi connectivity index (χ3n) is 6.10. The van der Waals surface area contributed by atoms with Crippen LogP contribution in [-0.2, 0) is 9.59 Å². The van der Waals surface area contributed by atoms with Gasteiger partial charge in [0, 0.05) is 25.2 Å². The number of carbonyl (C=O) groups is 2. The number of ether oxygens (including phenoxy) is 1. The first-order valence-electron chi connectivity index (χ1n) is 10.4. The van der Waals surface area contributed by atoms with Gasteiger partial charge in [0.1, 0.15) is 5.75 Å². The van der Waals surface area contributed by atoms with E-state index in [-0.39, 0.29) is 23.8 Å². The molecule has 2 aromatic carbocycles. The fourth-order valence-electron chi connectivity index (χ4n) is 4.52. The number of anilines is 1. The van der Waals surface area contributed by atoms with Crippen molar-refractivity contribution in [2.75, 3.05) is 25.1 Å². The molecule has 0 aliphatic carbocycles. The van der Waals surface area contributed by atoms with Crippen LogP contribution in [0.2, 0.25) is 0 Å². The number of hydrogen-bond donors (Lipinski definition) is 0. The average Bonchev–Trinajstić information content (AvgIpc) is 3.29. The van der Waals surface area contributed by atoms with Crippen molar-refractivity contribution in [1.29, 1.82) is 0 Å².